The van der Waals surface area contributed by atoms with Gasteiger partial charge in [0.2, 0.25) is 5.91 Å². The maximum absolute atomic E-state index is 13.1. The van der Waals surface area contributed by atoms with Crippen molar-refractivity contribution < 1.29 is 14.3 Å². The van der Waals surface area contributed by atoms with Crippen molar-refractivity contribution in [3.05, 3.63) is 72.1 Å². The number of nitrogens with zero attached hydrogens (tertiary/aromatic N) is 1. The molecule has 0 bridgehead atoms. The summed E-state index contributed by atoms with van der Waals surface area (Å²) in [6, 6.07) is 16.2. The lowest BCUT2D eigenvalue weighted by Crippen LogP contribution is -2.44. The number of rotatable bonds is 9. The normalized spacial score (nSPS) is 11.8. The third-order valence-corrected chi connectivity index (χ3v) is 5.54. The molecule has 7 nitrogen and oxygen atoms in total. The Kier molecular flexibility index (Phi) is 8.33. The van der Waals surface area contributed by atoms with Gasteiger partial charge in [-0.15, -0.1) is 0 Å². The lowest BCUT2D eigenvalue weighted by molar-refractivity contribution is -0.118. The zero-order valence-electron chi connectivity index (χ0n) is 18.4. The number of ether oxygens (including phenoxy) is 1. The Labute approximate surface area is 192 Å². The van der Waals surface area contributed by atoms with Crippen molar-refractivity contribution in [2.24, 2.45) is 5.92 Å². The number of H-pyrrole nitrogens is 1. The van der Waals surface area contributed by atoms with Crippen LogP contribution < -0.4 is 10.6 Å². The fraction of sp³-hybridized carbons (Fsp3) is 0.292. The predicted molar refractivity (Wildman–Crippen MR) is 126 cm³/mol. The first-order valence-corrected chi connectivity index (χ1v) is 11.3. The van der Waals surface area contributed by atoms with E-state index in [-0.39, 0.29) is 18.4 Å². The number of aromatic nitrogens is 2. The number of hydrogen-bond acceptors (Lipinski definition) is 5. The lowest BCUT2D eigenvalue weighted by Gasteiger charge is -2.20. The summed E-state index contributed by atoms with van der Waals surface area (Å²) in [5, 5.41) is 6.40. The maximum Gasteiger partial charge on any atom is 0.408 e. The zero-order chi connectivity index (χ0) is 22.9. The molecule has 0 radical (unpaired) electrons. The number of aromatic amines is 1. The summed E-state index contributed by atoms with van der Waals surface area (Å²) in [6.45, 7) is 6.08. The van der Waals surface area contributed by atoms with Crippen LogP contribution in [0.2, 0.25) is 0 Å². The molecule has 0 aliphatic heterocycles. The number of nitrogens with one attached hydrogen (secondary N) is 3. The van der Waals surface area contributed by atoms with E-state index in [1.54, 1.807) is 6.20 Å². The largest absolute Gasteiger partial charge is 0.445 e. The van der Waals surface area contributed by atoms with E-state index in [0.29, 0.717) is 12.1 Å². The second-order valence-corrected chi connectivity index (χ2v) is 8.88. The van der Waals surface area contributed by atoms with Crippen LogP contribution in [0.1, 0.15) is 31.5 Å². The Morgan fingerprint density at radius 3 is 2.50 bits per heavy atom. The van der Waals surface area contributed by atoms with Crippen molar-refractivity contribution in [3.63, 3.8) is 0 Å². The lowest BCUT2D eigenvalue weighted by atomic mass is 10.0. The van der Waals surface area contributed by atoms with E-state index in [4.69, 9.17) is 4.74 Å². The highest BCUT2D eigenvalue weighted by molar-refractivity contribution is 7.99. The Morgan fingerprint density at radius 1 is 1.09 bits per heavy atom. The monoisotopic (exact) mass is 452 g/mol. The fourth-order valence-electron chi connectivity index (χ4n) is 3.03. The summed E-state index contributed by atoms with van der Waals surface area (Å²) >= 11 is 1.43. The van der Waals surface area contributed by atoms with Crippen LogP contribution in [0.3, 0.4) is 0 Å². The van der Waals surface area contributed by atoms with Gasteiger partial charge in [0.05, 0.1) is 5.69 Å². The number of para-hydroxylation sites is 1. The van der Waals surface area contributed by atoms with Crippen LogP contribution >= 0.6 is 11.8 Å². The zero-order valence-corrected chi connectivity index (χ0v) is 19.2. The SMILES string of the molecule is Cc1cnc(Sc2ccccc2NC(=O)[C@H](CC(C)C)NC(=O)OCc2ccccc2)[nH]1. The molecule has 2 aromatic carbocycles. The van der Waals surface area contributed by atoms with Crippen LogP contribution in [0, 0.1) is 12.8 Å². The number of aryl methyl sites for hydroxylation is 1. The highest BCUT2D eigenvalue weighted by Gasteiger charge is 2.23. The molecule has 1 aromatic heterocycles. The summed E-state index contributed by atoms with van der Waals surface area (Å²) in [5.74, 6) is -0.0880. The van der Waals surface area contributed by atoms with Gasteiger partial charge in [0, 0.05) is 16.8 Å². The van der Waals surface area contributed by atoms with Gasteiger partial charge < -0.3 is 20.4 Å². The van der Waals surface area contributed by atoms with E-state index < -0.39 is 12.1 Å². The van der Waals surface area contributed by atoms with Crippen molar-refractivity contribution >= 4 is 29.4 Å². The van der Waals surface area contributed by atoms with Gasteiger partial charge in [-0.2, -0.15) is 0 Å². The highest BCUT2D eigenvalue weighted by atomic mass is 32.2. The quantitative estimate of drug-likeness (QED) is 0.417. The third-order valence-electron chi connectivity index (χ3n) is 4.56. The number of alkyl carbamates (subject to hydrolysis) is 1. The second-order valence-electron chi connectivity index (χ2n) is 7.85. The molecule has 0 saturated carbocycles. The number of hydrogen-bond donors (Lipinski definition) is 3. The van der Waals surface area contributed by atoms with Gasteiger partial charge in [-0.05, 0) is 48.7 Å². The van der Waals surface area contributed by atoms with Crippen LogP contribution in [0.4, 0.5) is 10.5 Å². The van der Waals surface area contributed by atoms with Crippen LogP contribution in [0.15, 0.2) is 70.8 Å². The molecule has 1 atom stereocenters. The number of carbonyl (C=O) groups excluding carboxylic acids is 2. The number of imidazole rings is 1. The molecule has 168 valence electrons. The van der Waals surface area contributed by atoms with Crippen LogP contribution in [0.25, 0.3) is 0 Å². The molecule has 0 saturated heterocycles. The molecular weight excluding hydrogens is 424 g/mol. The van der Waals surface area contributed by atoms with E-state index >= 15 is 0 Å². The number of carbonyl (C=O) groups is 2. The Morgan fingerprint density at radius 2 is 1.81 bits per heavy atom. The molecule has 32 heavy (non-hydrogen) atoms. The standard InChI is InChI=1S/C24H28N4O3S/c1-16(2)13-20(28-24(30)31-15-18-9-5-4-6-10-18)22(29)27-19-11-7-8-12-21(19)32-23-25-14-17(3)26-23/h4-12,14,16,20H,13,15H2,1-3H3,(H,25,26)(H,27,29)(H,28,30)/t20-/m0/s1. The third kappa shape index (κ3) is 7.16. The summed E-state index contributed by atoms with van der Waals surface area (Å²) in [6.07, 6.45) is 1.62. The number of amides is 2. The molecule has 3 N–H and O–H groups in total. The summed E-state index contributed by atoms with van der Waals surface area (Å²) in [4.78, 5) is 33.7. The van der Waals surface area contributed by atoms with Gasteiger partial charge in [0.25, 0.3) is 0 Å². The van der Waals surface area contributed by atoms with E-state index in [2.05, 4.69) is 20.6 Å². The van der Waals surface area contributed by atoms with E-state index in [9.17, 15) is 9.59 Å². The minimum Gasteiger partial charge on any atom is -0.445 e. The van der Waals surface area contributed by atoms with Crippen molar-refractivity contribution in [2.75, 3.05) is 5.32 Å². The van der Waals surface area contributed by atoms with Gasteiger partial charge in [0.1, 0.15) is 12.6 Å². The topological polar surface area (TPSA) is 96.1 Å². The number of anilines is 1. The van der Waals surface area contributed by atoms with Crippen LogP contribution in [-0.2, 0) is 16.1 Å². The van der Waals surface area contributed by atoms with Crippen molar-refractivity contribution in [1.82, 2.24) is 15.3 Å². The molecule has 1 heterocycles. The van der Waals surface area contributed by atoms with Gasteiger partial charge in [-0.1, -0.05) is 56.3 Å². The predicted octanol–water partition coefficient (Wildman–Crippen LogP) is 5.15. The first kappa shape index (κ1) is 23.4. The van der Waals surface area contributed by atoms with E-state index in [1.807, 2.05) is 75.4 Å². The van der Waals surface area contributed by atoms with Gasteiger partial charge in [-0.3, -0.25) is 4.79 Å². The van der Waals surface area contributed by atoms with Crippen LogP contribution in [-0.4, -0.2) is 28.0 Å². The highest BCUT2D eigenvalue weighted by Crippen LogP contribution is 2.31. The molecule has 3 rings (SSSR count). The fourth-order valence-corrected chi connectivity index (χ4v) is 3.93. The molecule has 2 amide bonds. The summed E-state index contributed by atoms with van der Waals surface area (Å²) in [5.41, 5.74) is 2.50. The minimum absolute atomic E-state index is 0.144. The first-order chi connectivity index (χ1) is 15.4. The van der Waals surface area contributed by atoms with E-state index in [1.165, 1.54) is 11.8 Å². The molecular formula is C24H28N4O3S. The minimum atomic E-state index is -0.720. The molecule has 8 heteroatoms. The van der Waals surface area contributed by atoms with E-state index in [0.717, 1.165) is 21.3 Å². The summed E-state index contributed by atoms with van der Waals surface area (Å²) in [7, 11) is 0. The van der Waals surface area contributed by atoms with Crippen molar-refractivity contribution in [2.45, 2.75) is 49.9 Å². The molecule has 0 aliphatic rings. The van der Waals surface area contributed by atoms with Crippen molar-refractivity contribution in [1.29, 1.82) is 0 Å². The molecule has 0 spiro atoms. The molecule has 3 aromatic rings. The van der Waals surface area contributed by atoms with Gasteiger partial charge in [0.15, 0.2) is 5.16 Å². The molecule has 0 fully saturated rings. The Balaban J connectivity index is 1.65. The average molecular weight is 453 g/mol. The van der Waals surface area contributed by atoms with Crippen molar-refractivity contribution in [3.8, 4) is 0 Å². The summed E-state index contributed by atoms with van der Waals surface area (Å²) < 4.78 is 5.30. The van der Waals surface area contributed by atoms with Gasteiger partial charge >= 0.3 is 6.09 Å². The average Bonchev–Trinajstić information content (AvgIpc) is 3.18. The molecule has 0 unspecified atom stereocenters. The number of benzene rings is 2. The Hall–Kier alpha value is -3.26. The van der Waals surface area contributed by atoms with Gasteiger partial charge in [-0.25, -0.2) is 9.78 Å². The second kappa shape index (κ2) is 11.4. The first-order valence-electron chi connectivity index (χ1n) is 10.5. The maximum atomic E-state index is 13.1. The smallest absolute Gasteiger partial charge is 0.408 e. The molecule has 0 aliphatic carbocycles. The van der Waals surface area contributed by atoms with Crippen LogP contribution in [0.5, 0.6) is 0 Å². The Bertz CT molecular complexity index is 1040.